The van der Waals surface area contributed by atoms with Gasteiger partial charge < -0.3 is 10.0 Å². The van der Waals surface area contributed by atoms with E-state index >= 15 is 0 Å². The molecule has 2 aliphatic carbocycles. The van der Waals surface area contributed by atoms with Crippen molar-refractivity contribution in [2.24, 2.45) is 17.8 Å². The van der Waals surface area contributed by atoms with Crippen LogP contribution < -0.4 is 0 Å². The smallest absolute Gasteiger partial charge is 0.222 e. The molecule has 1 heterocycles. The molecule has 1 saturated carbocycles. The topological polar surface area (TPSA) is 40.5 Å². The van der Waals surface area contributed by atoms with E-state index < -0.39 is 0 Å². The minimum Gasteiger partial charge on any atom is -0.392 e. The molecule has 4 atom stereocenters. The predicted octanol–water partition coefficient (Wildman–Crippen LogP) is 6.00. The number of rotatable bonds is 10. The van der Waals surface area contributed by atoms with E-state index in [0.29, 0.717) is 23.7 Å². The molecule has 174 valence electrons. The average molecular weight is 436 g/mol. The van der Waals surface area contributed by atoms with Crippen LogP contribution in [0.15, 0.2) is 48.1 Å². The molecule has 3 heteroatoms. The molecule has 0 bridgehead atoms. The monoisotopic (exact) mass is 435 g/mol. The zero-order chi connectivity index (χ0) is 22.3. The number of amides is 1. The quantitative estimate of drug-likeness (QED) is 0.362. The van der Waals surface area contributed by atoms with Gasteiger partial charge in [0.25, 0.3) is 0 Å². The van der Waals surface area contributed by atoms with Crippen LogP contribution in [0, 0.1) is 24.7 Å². The van der Waals surface area contributed by atoms with Gasteiger partial charge in [0.15, 0.2) is 0 Å². The third-order valence-electron chi connectivity index (χ3n) is 7.84. The lowest BCUT2D eigenvalue weighted by atomic mass is 9.88. The Hall–Kier alpha value is -1.87. The summed E-state index contributed by atoms with van der Waals surface area (Å²) in [5.74, 6) is 1.82. The molecular weight excluding hydrogens is 394 g/mol. The third kappa shape index (κ3) is 6.13. The van der Waals surface area contributed by atoms with Gasteiger partial charge in [-0.1, -0.05) is 60.1 Å². The maximum absolute atomic E-state index is 12.2. The molecule has 0 spiro atoms. The SMILES string of the molecule is Cc1cccc(CC/C=C/[C@@H]2[C@H]3CC(CCCCCC(=O)N4CCCC4)=C[C@H]3C[C@H]2O)c1. The maximum Gasteiger partial charge on any atom is 0.222 e. The van der Waals surface area contributed by atoms with Crippen molar-refractivity contribution < 1.29 is 9.90 Å². The summed E-state index contributed by atoms with van der Waals surface area (Å²) >= 11 is 0. The Morgan fingerprint density at radius 2 is 2.00 bits per heavy atom. The number of fused-ring (bicyclic) bond motifs is 1. The fraction of sp³-hybridized carbons (Fsp3) is 0.621. The van der Waals surface area contributed by atoms with Gasteiger partial charge in [-0.05, 0) is 82.1 Å². The highest BCUT2D eigenvalue weighted by molar-refractivity contribution is 5.76. The number of likely N-dealkylation sites (tertiary alicyclic amines) is 1. The summed E-state index contributed by atoms with van der Waals surface area (Å²) in [5, 5.41) is 10.6. The molecule has 1 aromatic carbocycles. The van der Waals surface area contributed by atoms with Crippen LogP contribution in [0.1, 0.15) is 75.3 Å². The fourth-order valence-electron chi connectivity index (χ4n) is 6.09. The predicted molar refractivity (Wildman–Crippen MR) is 131 cm³/mol. The first-order valence-electron chi connectivity index (χ1n) is 13.0. The lowest BCUT2D eigenvalue weighted by Gasteiger charge is -2.18. The van der Waals surface area contributed by atoms with Crippen molar-refractivity contribution in [1.29, 1.82) is 0 Å². The lowest BCUT2D eigenvalue weighted by molar-refractivity contribution is -0.130. The summed E-state index contributed by atoms with van der Waals surface area (Å²) in [6, 6.07) is 8.75. The minimum atomic E-state index is -0.186. The van der Waals surface area contributed by atoms with Crippen LogP contribution in [-0.2, 0) is 11.2 Å². The molecule has 1 amide bonds. The highest BCUT2D eigenvalue weighted by Crippen LogP contribution is 2.48. The molecule has 1 aromatic rings. The highest BCUT2D eigenvalue weighted by atomic mass is 16.3. The molecule has 0 unspecified atom stereocenters. The van der Waals surface area contributed by atoms with Crippen LogP contribution in [0.5, 0.6) is 0 Å². The molecule has 1 N–H and O–H groups in total. The van der Waals surface area contributed by atoms with Crippen molar-refractivity contribution in [3.8, 4) is 0 Å². The van der Waals surface area contributed by atoms with Gasteiger partial charge in [0.1, 0.15) is 0 Å². The molecular formula is C29H41NO2. The summed E-state index contributed by atoms with van der Waals surface area (Å²) in [6.45, 7) is 4.09. The van der Waals surface area contributed by atoms with Crippen molar-refractivity contribution in [1.82, 2.24) is 4.90 Å². The number of nitrogens with zero attached hydrogens (tertiary/aromatic N) is 1. The Morgan fingerprint density at radius 3 is 2.81 bits per heavy atom. The summed E-state index contributed by atoms with van der Waals surface area (Å²) in [5.41, 5.74) is 4.31. The van der Waals surface area contributed by atoms with Crippen molar-refractivity contribution in [2.75, 3.05) is 13.1 Å². The Bertz CT molecular complexity index is 820. The molecule has 0 radical (unpaired) electrons. The van der Waals surface area contributed by atoms with E-state index in [9.17, 15) is 9.90 Å². The number of hydrogen-bond acceptors (Lipinski definition) is 2. The van der Waals surface area contributed by atoms with Crippen molar-refractivity contribution >= 4 is 5.91 Å². The first kappa shape index (κ1) is 23.3. The number of carbonyl (C=O) groups excluding carboxylic acids is 1. The Labute approximate surface area is 194 Å². The summed E-state index contributed by atoms with van der Waals surface area (Å²) in [6.07, 6.45) is 18.7. The Kier molecular flexibility index (Phi) is 8.24. The zero-order valence-electron chi connectivity index (χ0n) is 19.8. The van der Waals surface area contributed by atoms with Gasteiger partial charge >= 0.3 is 0 Å². The summed E-state index contributed by atoms with van der Waals surface area (Å²) < 4.78 is 0. The van der Waals surface area contributed by atoms with Gasteiger partial charge in [-0.15, -0.1) is 0 Å². The van der Waals surface area contributed by atoms with E-state index in [1.807, 2.05) is 4.90 Å². The fourth-order valence-corrected chi connectivity index (χ4v) is 6.09. The van der Waals surface area contributed by atoms with Gasteiger partial charge in [0.2, 0.25) is 5.91 Å². The first-order chi connectivity index (χ1) is 15.6. The Balaban J connectivity index is 1.15. The van der Waals surface area contributed by atoms with Gasteiger partial charge in [-0.3, -0.25) is 4.79 Å². The number of carbonyl (C=O) groups is 1. The minimum absolute atomic E-state index is 0.186. The largest absolute Gasteiger partial charge is 0.392 e. The number of hydrogen-bond donors (Lipinski definition) is 1. The van der Waals surface area contributed by atoms with Crippen LogP contribution in [0.2, 0.25) is 0 Å². The molecule has 0 aromatic heterocycles. The maximum atomic E-state index is 12.2. The number of aliphatic hydroxyl groups is 1. The van der Waals surface area contributed by atoms with Crippen molar-refractivity contribution in [2.45, 2.75) is 83.7 Å². The first-order valence-corrected chi connectivity index (χ1v) is 13.0. The summed E-state index contributed by atoms with van der Waals surface area (Å²) in [7, 11) is 0. The highest BCUT2D eigenvalue weighted by Gasteiger charge is 2.43. The number of benzene rings is 1. The van der Waals surface area contributed by atoms with Gasteiger partial charge in [-0.2, -0.15) is 0 Å². The second kappa shape index (κ2) is 11.3. The third-order valence-corrected chi connectivity index (χ3v) is 7.84. The molecule has 4 rings (SSSR count). The van der Waals surface area contributed by atoms with Crippen LogP contribution in [0.25, 0.3) is 0 Å². The molecule has 32 heavy (non-hydrogen) atoms. The van der Waals surface area contributed by atoms with E-state index in [1.165, 1.54) is 36.8 Å². The van der Waals surface area contributed by atoms with Crippen molar-refractivity contribution in [3.05, 3.63) is 59.2 Å². The second-order valence-corrected chi connectivity index (χ2v) is 10.3. The molecule has 3 nitrogen and oxygen atoms in total. The van der Waals surface area contributed by atoms with Gasteiger partial charge in [-0.25, -0.2) is 0 Å². The number of unbranched alkanes of at least 4 members (excludes halogenated alkanes) is 2. The van der Waals surface area contributed by atoms with E-state index in [2.05, 4.69) is 49.4 Å². The second-order valence-electron chi connectivity index (χ2n) is 10.3. The van der Waals surface area contributed by atoms with Crippen LogP contribution in [-0.4, -0.2) is 35.1 Å². The standard InChI is InChI=1S/C29H41NO2/c1-22-10-9-13-23(18-22)11-5-6-14-26-27-20-24(19-25(27)21-28(26)31)12-3-2-4-15-29(32)30-16-7-8-17-30/h6,9-10,13-14,18-19,25-28,31H,2-5,7-8,11-12,15-17,20-21H2,1H3/b14-6+/t25-,26+,27-,28+/m0/s1. The molecule has 1 saturated heterocycles. The average Bonchev–Trinajstić information content (AvgIpc) is 3.49. The van der Waals surface area contributed by atoms with Crippen LogP contribution in [0.3, 0.4) is 0 Å². The van der Waals surface area contributed by atoms with Crippen LogP contribution in [0.4, 0.5) is 0 Å². The summed E-state index contributed by atoms with van der Waals surface area (Å²) in [4.78, 5) is 14.2. The van der Waals surface area contributed by atoms with E-state index in [1.54, 1.807) is 5.57 Å². The lowest BCUT2D eigenvalue weighted by Crippen LogP contribution is -2.27. The molecule has 2 fully saturated rings. The number of allylic oxidation sites excluding steroid dienone is 3. The van der Waals surface area contributed by atoms with Crippen LogP contribution >= 0.6 is 0 Å². The van der Waals surface area contributed by atoms with E-state index in [0.717, 1.165) is 58.0 Å². The number of aryl methyl sites for hydroxylation is 2. The van der Waals surface area contributed by atoms with E-state index in [4.69, 9.17) is 0 Å². The van der Waals surface area contributed by atoms with Gasteiger partial charge in [0.05, 0.1) is 6.10 Å². The molecule has 1 aliphatic heterocycles. The zero-order valence-corrected chi connectivity index (χ0v) is 19.8. The molecule has 3 aliphatic rings. The van der Waals surface area contributed by atoms with Crippen molar-refractivity contribution in [3.63, 3.8) is 0 Å². The number of aliphatic hydroxyl groups excluding tert-OH is 1. The Morgan fingerprint density at radius 1 is 1.16 bits per heavy atom. The van der Waals surface area contributed by atoms with Gasteiger partial charge in [0, 0.05) is 25.4 Å². The van der Waals surface area contributed by atoms with E-state index in [-0.39, 0.29) is 6.10 Å². The normalized spacial score (nSPS) is 27.3.